The van der Waals surface area contributed by atoms with Crippen LogP contribution in [0.2, 0.25) is 0 Å². The number of rotatable bonds is 4. The molecule has 0 aliphatic carbocycles. The van der Waals surface area contributed by atoms with Gasteiger partial charge in [0, 0.05) is 12.6 Å². The van der Waals surface area contributed by atoms with E-state index in [0.29, 0.717) is 24.5 Å². The molecule has 1 aromatic heterocycles. The molecular formula is C10H18N4O. The van der Waals surface area contributed by atoms with Gasteiger partial charge in [0.15, 0.2) is 0 Å². The molecule has 0 bridgehead atoms. The van der Waals surface area contributed by atoms with Crippen molar-refractivity contribution < 1.29 is 4.42 Å². The van der Waals surface area contributed by atoms with Gasteiger partial charge in [0.25, 0.3) is 0 Å². The Balaban J connectivity index is 2.07. The lowest BCUT2D eigenvalue weighted by molar-refractivity contribution is 0.463. The third-order valence-electron chi connectivity index (χ3n) is 2.88. The van der Waals surface area contributed by atoms with Crippen LogP contribution in [0, 0.1) is 0 Å². The molecule has 1 unspecified atom stereocenters. The van der Waals surface area contributed by atoms with Crippen LogP contribution in [0.3, 0.4) is 0 Å². The summed E-state index contributed by atoms with van der Waals surface area (Å²) >= 11 is 0. The van der Waals surface area contributed by atoms with Crippen LogP contribution >= 0.6 is 0 Å². The average Bonchev–Trinajstić information content (AvgIpc) is 2.84. The smallest absolute Gasteiger partial charge is 0.318 e. The molecule has 1 fully saturated rings. The van der Waals surface area contributed by atoms with Crippen LogP contribution in [0.15, 0.2) is 4.42 Å². The fourth-order valence-corrected chi connectivity index (χ4v) is 2.10. The van der Waals surface area contributed by atoms with Crippen molar-refractivity contribution in [2.45, 2.75) is 38.8 Å². The highest BCUT2D eigenvalue weighted by molar-refractivity contribution is 5.28. The molecule has 0 saturated carbocycles. The molecule has 0 spiro atoms. The second-order valence-electron chi connectivity index (χ2n) is 3.91. The van der Waals surface area contributed by atoms with Crippen molar-refractivity contribution in [3.05, 3.63) is 5.89 Å². The fraction of sp³-hybridized carbons (Fsp3) is 0.800. The maximum Gasteiger partial charge on any atom is 0.318 e. The van der Waals surface area contributed by atoms with Crippen molar-refractivity contribution >= 4 is 6.01 Å². The first-order chi connectivity index (χ1) is 7.35. The zero-order valence-corrected chi connectivity index (χ0v) is 9.36. The summed E-state index contributed by atoms with van der Waals surface area (Å²) in [5.74, 6) is 0.661. The zero-order valence-electron chi connectivity index (χ0n) is 9.36. The van der Waals surface area contributed by atoms with Gasteiger partial charge in [-0.3, -0.25) is 0 Å². The topological polar surface area (TPSA) is 54.2 Å². The monoisotopic (exact) mass is 210 g/mol. The Bertz CT molecular complexity index is 312. The summed E-state index contributed by atoms with van der Waals surface area (Å²) < 4.78 is 5.58. The van der Waals surface area contributed by atoms with Gasteiger partial charge in [-0.2, -0.15) is 0 Å². The summed E-state index contributed by atoms with van der Waals surface area (Å²) in [6.07, 6.45) is 3.60. The summed E-state index contributed by atoms with van der Waals surface area (Å²) in [6, 6.07) is 1.26. The molecule has 1 aromatic rings. The highest BCUT2D eigenvalue weighted by Gasteiger charge is 2.26. The Hall–Kier alpha value is -1.10. The number of hydrogen-bond acceptors (Lipinski definition) is 5. The number of hydrogen-bond donors (Lipinski definition) is 1. The van der Waals surface area contributed by atoms with Crippen molar-refractivity contribution in [1.82, 2.24) is 15.5 Å². The number of nitrogens with zero attached hydrogens (tertiary/aromatic N) is 3. The first kappa shape index (κ1) is 10.4. The molecule has 5 heteroatoms. The lowest BCUT2D eigenvalue weighted by Gasteiger charge is -2.20. The second kappa shape index (κ2) is 4.61. The highest BCUT2D eigenvalue weighted by atomic mass is 16.4. The van der Waals surface area contributed by atoms with Crippen molar-refractivity contribution in [3.63, 3.8) is 0 Å². The SMILES string of the molecule is CCC1CCCN1c1nnc(CNC)o1. The van der Waals surface area contributed by atoms with Gasteiger partial charge in [-0.25, -0.2) is 0 Å². The molecule has 2 heterocycles. The Labute approximate surface area is 89.9 Å². The molecule has 1 aliphatic heterocycles. The minimum absolute atomic E-state index is 0.577. The molecule has 0 aromatic carbocycles. The number of nitrogens with one attached hydrogen (secondary N) is 1. The molecule has 84 valence electrons. The fourth-order valence-electron chi connectivity index (χ4n) is 2.10. The zero-order chi connectivity index (χ0) is 10.7. The van der Waals surface area contributed by atoms with E-state index in [0.717, 1.165) is 13.0 Å². The van der Waals surface area contributed by atoms with Gasteiger partial charge in [0.1, 0.15) is 0 Å². The predicted molar refractivity (Wildman–Crippen MR) is 57.7 cm³/mol. The highest BCUT2D eigenvalue weighted by Crippen LogP contribution is 2.25. The maximum atomic E-state index is 5.58. The summed E-state index contributed by atoms with van der Waals surface area (Å²) in [4.78, 5) is 2.23. The normalized spacial score (nSPS) is 21.2. The van der Waals surface area contributed by atoms with Gasteiger partial charge in [0.05, 0.1) is 6.54 Å². The molecule has 15 heavy (non-hydrogen) atoms. The van der Waals surface area contributed by atoms with Crippen LogP contribution in [-0.2, 0) is 6.54 Å². The third kappa shape index (κ3) is 2.12. The van der Waals surface area contributed by atoms with Crippen LogP contribution in [0.25, 0.3) is 0 Å². The summed E-state index contributed by atoms with van der Waals surface area (Å²) in [5.41, 5.74) is 0. The van der Waals surface area contributed by atoms with Crippen molar-refractivity contribution in [2.75, 3.05) is 18.5 Å². The molecule has 0 amide bonds. The minimum Gasteiger partial charge on any atom is -0.407 e. The Morgan fingerprint density at radius 2 is 2.40 bits per heavy atom. The predicted octanol–water partition coefficient (Wildman–Crippen LogP) is 1.17. The quantitative estimate of drug-likeness (QED) is 0.808. The molecular weight excluding hydrogens is 192 g/mol. The first-order valence-electron chi connectivity index (χ1n) is 5.58. The second-order valence-corrected chi connectivity index (χ2v) is 3.91. The summed E-state index contributed by atoms with van der Waals surface area (Å²) in [5, 5.41) is 11.1. The lowest BCUT2D eigenvalue weighted by atomic mass is 10.2. The third-order valence-corrected chi connectivity index (χ3v) is 2.88. The number of anilines is 1. The van der Waals surface area contributed by atoms with E-state index in [9.17, 15) is 0 Å². The molecule has 5 nitrogen and oxygen atoms in total. The number of aromatic nitrogens is 2. The molecule has 1 aliphatic rings. The van der Waals surface area contributed by atoms with Crippen LogP contribution in [-0.4, -0.2) is 29.8 Å². The first-order valence-corrected chi connectivity index (χ1v) is 5.58. The van der Waals surface area contributed by atoms with Gasteiger partial charge >= 0.3 is 6.01 Å². The molecule has 1 saturated heterocycles. The van der Waals surface area contributed by atoms with Crippen molar-refractivity contribution in [2.24, 2.45) is 0 Å². The Morgan fingerprint density at radius 1 is 1.53 bits per heavy atom. The van der Waals surface area contributed by atoms with Gasteiger partial charge < -0.3 is 14.6 Å². The van der Waals surface area contributed by atoms with Gasteiger partial charge in [0.2, 0.25) is 5.89 Å². The van der Waals surface area contributed by atoms with Gasteiger partial charge in [-0.1, -0.05) is 12.0 Å². The van der Waals surface area contributed by atoms with Gasteiger partial charge in [-0.15, -0.1) is 5.10 Å². The van der Waals surface area contributed by atoms with Crippen LogP contribution in [0.5, 0.6) is 0 Å². The largest absolute Gasteiger partial charge is 0.407 e. The van der Waals surface area contributed by atoms with E-state index >= 15 is 0 Å². The van der Waals surface area contributed by atoms with Crippen LogP contribution < -0.4 is 10.2 Å². The van der Waals surface area contributed by atoms with E-state index in [1.807, 2.05) is 7.05 Å². The maximum absolute atomic E-state index is 5.58. The van der Waals surface area contributed by atoms with E-state index in [4.69, 9.17) is 4.42 Å². The van der Waals surface area contributed by atoms with Crippen molar-refractivity contribution in [3.8, 4) is 0 Å². The summed E-state index contributed by atoms with van der Waals surface area (Å²) in [7, 11) is 1.87. The van der Waals surface area contributed by atoms with Crippen LogP contribution in [0.4, 0.5) is 6.01 Å². The van der Waals surface area contributed by atoms with E-state index in [2.05, 4.69) is 27.3 Å². The summed E-state index contributed by atoms with van der Waals surface area (Å²) in [6.45, 7) is 3.88. The molecule has 2 rings (SSSR count). The Morgan fingerprint density at radius 3 is 3.13 bits per heavy atom. The molecule has 1 N–H and O–H groups in total. The minimum atomic E-state index is 0.577. The average molecular weight is 210 g/mol. The van der Waals surface area contributed by atoms with Crippen LogP contribution in [0.1, 0.15) is 32.1 Å². The van der Waals surface area contributed by atoms with Crippen molar-refractivity contribution in [1.29, 1.82) is 0 Å². The van der Waals surface area contributed by atoms with Gasteiger partial charge in [-0.05, 0) is 26.3 Å². The Kier molecular flexibility index (Phi) is 3.20. The van der Waals surface area contributed by atoms with E-state index in [1.54, 1.807) is 0 Å². The van der Waals surface area contributed by atoms with E-state index in [1.165, 1.54) is 12.8 Å². The molecule has 0 radical (unpaired) electrons. The molecule has 1 atom stereocenters. The van der Waals surface area contributed by atoms with E-state index < -0.39 is 0 Å². The van der Waals surface area contributed by atoms with E-state index in [-0.39, 0.29) is 0 Å². The lowest BCUT2D eigenvalue weighted by Crippen LogP contribution is -2.28. The standard InChI is InChI=1S/C10H18N4O/c1-3-8-5-4-6-14(8)10-13-12-9(15-10)7-11-2/h8,11H,3-7H2,1-2H3.